The quantitative estimate of drug-likeness (QED) is 0.602. The van der Waals surface area contributed by atoms with Gasteiger partial charge in [-0.25, -0.2) is 0 Å². The Morgan fingerprint density at radius 1 is 1.58 bits per heavy atom. The van der Waals surface area contributed by atoms with Gasteiger partial charge in [0.1, 0.15) is 5.92 Å². The molecule has 0 aromatic heterocycles. The van der Waals surface area contributed by atoms with Crippen LogP contribution in [0.5, 0.6) is 0 Å². The van der Waals surface area contributed by atoms with E-state index in [-0.39, 0.29) is 0 Å². The number of esters is 1. The van der Waals surface area contributed by atoms with Crippen molar-refractivity contribution in [1.29, 1.82) is 5.26 Å². The second-order valence-corrected chi connectivity index (χ2v) is 3.06. The zero-order valence-electron chi connectivity index (χ0n) is 7.83. The van der Waals surface area contributed by atoms with E-state index in [0.717, 1.165) is 0 Å². The second-order valence-electron chi connectivity index (χ2n) is 3.06. The average Bonchev–Trinajstić information content (AvgIpc) is 2.00. The minimum atomic E-state index is -0.593. The normalized spacial score (nSPS) is 12.2. The summed E-state index contributed by atoms with van der Waals surface area (Å²) in [6, 6.07) is 1.94. The molecule has 0 spiro atoms. The zero-order chi connectivity index (χ0) is 9.56. The molecule has 0 aliphatic rings. The highest BCUT2D eigenvalue weighted by Gasteiger charge is 2.19. The summed E-state index contributed by atoms with van der Waals surface area (Å²) >= 11 is 0. The molecule has 68 valence electrons. The fourth-order valence-electron chi connectivity index (χ4n) is 0.916. The minimum Gasteiger partial charge on any atom is -0.465 e. The summed E-state index contributed by atoms with van der Waals surface area (Å²) in [6.07, 6.45) is 0.579. The molecule has 0 aliphatic heterocycles. The third-order valence-electron chi connectivity index (χ3n) is 1.43. The lowest BCUT2D eigenvalue weighted by atomic mass is 9.99. The molecule has 0 bridgehead atoms. The van der Waals surface area contributed by atoms with Gasteiger partial charge in [0.2, 0.25) is 0 Å². The van der Waals surface area contributed by atoms with Gasteiger partial charge in [-0.3, -0.25) is 4.79 Å². The third-order valence-corrected chi connectivity index (χ3v) is 1.43. The topological polar surface area (TPSA) is 50.1 Å². The first kappa shape index (κ1) is 11.0. The van der Waals surface area contributed by atoms with Crippen molar-refractivity contribution >= 4 is 5.97 Å². The SMILES string of the molecule is CCOC(=O)[C@H](C#N)CC(C)C. The molecule has 0 rings (SSSR count). The van der Waals surface area contributed by atoms with E-state index in [1.54, 1.807) is 6.92 Å². The highest BCUT2D eigenvalue weighted by atomic mass is 16.5. The zero-order valence-corrected chi connectivity index (χ0v) is 7.83. The first-order valence-corrected chi connectivity index (χ1v) is 4.18. The molecule has 12 heavy (non-hydrogen) atoms. The van der Waals surface area contributed by atoms with Crippen LogP contribution in [-0.4, -0.2) is 12.6 Å². The van der Waals surface area contributed by atoms with Crippen LogP contribution in [0.2, 0.25) is 0 Å². The van der Waals surface area contributed by atoms with Crippen LogP contribution in [0.4, 0.5) is 0 Å². The Labute approximate surface area is 73.3 Å². The van der Waals surface area contributed by atoms with Crippen LogP contribution in [0.25, 0.3) is 0 Å². The van der Waals surface area contributed by atoms with Gasteiger partial charge in [-0.2, -0.15) is 5.26 Å². The molecule has 1 atom stereocenters. The molecular weight excluding hydrogens is 154 g/mol. The van der Waals surface area contributed by atoms with Crippen LogP contribution in [0.1, 0.15) is 27.2 Å². The summed E-state index contributed by atoms with van der Waals surface area (Å²) in [5.41, 5.74) is 0. The fourth-order valence-corrected chi connectivity index (χ4v) is 0.916. The summed E-state index contributed by atoms with van der Waals surface area (Å²) in [7, 11) is 0. The first-order chi connectivity index (χ1) is 5.61. The molecule has 0 heterocycles. The van der Waals surface area contributed by atoms with Gasteiger partial charge in [-0.1, -0.05) is 13.8 Å². The molecule has 0 aromatic rings. The van der Waals surface area contributed by atoms with Gasteiger partial charge in [0, 0.05) is 0 Å². The number of rotatable bonds is 4. The van der Waals surface area contributed by atoms with Crippen LogP contribution in [0.3, 0.4) is 0 Å². The maximum atomic E-state index is 11.1. The lowest BCUT2D eigenvalue weighted by Gasteiger charge is -2.09. The molecule has 0 amide bonds. The average molecular weight is 169 g/mol. The second kappa shape index (κ2) is 5.59. The van der Waals surface area contributed by atoms with Gasteiger partial charge in [-0.05, 0) is 19.3 Å². The predicted molar refractivity (Wildman–Crippen MR) is 45.2 cm³/mol. The summed E-state index contributed by atoms with van der Waals surface area (Å²) in [4.78, 5) is 11.1. The number of ether oxygens (including phenoxy) is 1. The summed E-state index contributed by atoms with van der Waals surface area (Å²) < 4.78 is 4.73. The fraction of sp³-hybridized carbons (Fsp3) is 0.778. The highest BCUT2D eigenvalue weighted by Crippen LogP contribution is 2.12. The van der Waals surface area contributed by atoms with E-state index in [1.165, 1.54) is 0 Å². The Bertz CT molecular complexity index is 181. The monoisotopic (exact) mass is 169 g/mol. The summed E-state index contributed by atoms with van der Waals surface area (Å²) in [5, 5.41) is 8.62. The van der Waals surface area contributed by atoms with E-state index in [9.17, 15) is 4.79 Å². The number of hydrogen-bond donors (Lipinski definition) is 0. The number of hydrogen-bond acceptors (Lipinski definition) is 3. The lowest BCUT2D eigenvalue weighted by Crippen LogP contribution is -2.17. The van der Waals surface area contributed by atoms with Gasteiger partial charge in [0.05, 0.1) is 12.7 Å². The van der Waals surface area contributed by atoms with Crippen molar-refractivity contribution in [1.82, 2.24) is 0 Å². The van der Waals surface area contributed by atoms with Gasteiger partial charge < -0.3 is 4.74 Å². The molecule has 0 fully saturated rings. The van der Waals surface area contributed by atoms with Crippen molar-refractivity contribution in [2.45, 2.75) is 27.2 Å². The van der Waals surface area contributed by atoms with Crippen LogP contribution in [0.15, 0.2) is 0 Å². The van der Waals surface area contributed by atoms with Crippen LogP contribution >= 0.6 is 0 Å². The summed E-state index contributed by atoms with van der Waals surface area (Å²) in [6.45, 7) is 6.03. The Balaban J connectivity index is 3.99. The van der Waals surface area contributed by atoms with E-state index < -0.39 is 11.9 Å². The Morgan fingerprint density at radius 3 is 2.50 bits per heavy atom. The first-order valence-electron chi connectivity index (χ1n) is 4.18. The van der Waals surface area contributed by atoms with E-state index in [0.29, 0.717) is 18.9 Å². The molecule has 0 saturated heterocycles. The standard InChI is InChI=1S/C9H15NO2/c1-4-12-9(11)8(6-10)5-7(2)3/h7-8H,4-5H2,1-3H3/t8-/m0/s1. The number of carbonyl (C=O) groups is 1. The smallest absolute Gasteiger partial charge is 0.323 e. The number of nitriles is 1. The van der Waals surface area contributed by atoms with E-state index in [1.807, 2.05) is 19.9 Å². The Morgan fingerprint density at radius 2 is 2.17 bits per heavy atom. The molecule has 0 unspecified atom stereocenters. The van der Waals surface area contributed by atoms with Crippen molar-refractivity contribution < 1.29 is 9.53 Å². The van der Waals surface area contributed by atoms with Crippen molar-refractivity contribution in [3.63, 3.8) is 0 Å². The molecule has 3 heteroatoms. The van der Waals surface area contributed by atoms with E-state index in [4.69, 9.17) is 10.00 Å². The van der Waals surface area contributed by atoms with Gasteiger partial charge in [0.15, 0.2) is 0 Å². The van der Waals surface area contributed by atoms with Crippen molar-refractivity contribution in [3.05, 3.63) is 0 Å². The molecular formula is C9H15NO2. The van der Waals surface area contributed by atoms with Crippen molar-refractivity contribution in [3.8, 4) is 6.07 Å². The van der Waals surface area contributed by atoms with Gasteiger partial charge >= 0.3 is 5.97 Å². The van der Waals surface area contributed by atoms with Crippen LogP contribution < -0.4 is 0 Å². The van der Waals surface area contributed by atoms with E-state index >= 15 is 0 Å². The van der Waals surface area contributed by atoms with Crippen LogP contribution in [0, 0.1) is 23.2 Å². The Hall–Kier alpha value is -1.04. The van der Waals surface area contributed by atoms with Gasteiger partial charge in [-0.15, -0.1) is 0 Å². The molecule has 0 N–H and O–H groups in total. The molecule has 3 nitrogen and oxygen atoms in total. The maximum Gasteiger partial charge on any atom is 0.323 e. The molecule has 0 radical (unpaired) electrons. The number of carbonyl (C=O) groups excluding carboxylic acids is 1. The predicted octanol–water partition coefficient (Wildman–Crippen LogP) is 1.74. The van der Waals surface area contributed by atoms with E-state index in [2.05, 4.69) is 0 Å². The van der Waals surface area contributed by atoms with Crippen molar-refractivity contribution in [2.24, 2.45) is 11.8 Å². The van der Waals surface area contributed by atoms with Crippen LogP contribution in [-0.2, 0) is 9.53 Å². The lowest BCUT2D eigenvalue weighted by molar-refractivity contribution is -0.146. The minimum absolute atomic E-state index is 0.342. The molecule has 0 aromatic carbocycles. The Kier molecular flexibility index (Phi) is 5.11. The van der Waals surface area contributed by atoms with Gasteiger partial charge in [0.25, 0.3) is 0 Å². The maximum absolute atomic E-state index is 11.1. The molecule has 0 aliphatic carbocycles. The largest absolute Gasteiger partial charge is 0.465 e. The third kappa shape index (κ3) is 3.97. The highest BCUT2D eigenvalue weighted by molar-refractivity contribution is 5.75. The van der Waals surface area contributed by atoms with Crippen molar-refractivity contribution in [2.75, 3.05) is 6.61 Å². The summed E-state index contributed by atoms with van der Waals surface area (Å²) in [5.74, 6) is -0.641. The molecule has 0 saturated carbocycles. The number of nitrogens with zero attached hydrogens (tertiary/aromatic N) is 1.